The first kappa shape index (κ1) is 22.3. The van der Waals surface area contributed by atoms with Crippen LogP contribution in [0, 0.1) is 13.8 Å². The summed E-state index contributed by atoms with van der Waals surface area (Å²) in [6.45, 7) is 8.13. The molecule has 4 rings (SSSR count). The van der Waals surface area contributed by atoms with Gasteiger partial charge in [-0.15, -0.1) is 11.3 Å². The molecule has 0 saturated carbocycles. The quantitative estimate of drug-likeness (QED) is 0.548. The predicted molar refractivity (Wildman–Crippen MR) is 128 cm³/mol. The molecule has 1 aromatic carbocycles. The number of thiophene rings is 1. The predicted octanol–water partition coefficient (Wildman–Crippen LogP) is 5.18. The highest BCUT2D eigenvalue weighted by atomic mass is 35.5. The number of likely N-dealkylation sites (tertiary alicyclic amines) is 1. The topological polar surface area (TPSA) is 67.2 Å². The summed E-state index contributed by atoms with van der Waals surface area (Å²) in [4.78, 5) is 35.6. The van der Waals surface area contributed by atoms with Gasteiger partial charge in [0, 0.05) is 20.6 Å². The van der Waals surface area contributed by atoms with Crippen molar-refractivity contribution in [3.05, 3.63) is 54.9 Å². The molecule has 1 aliphatic rings. The first-order valence-corrected chi connectivity index (χ1v) is 11.8. The maximum absolute atomic E-state index is 13.6. The SMILES string of the molecule is Cc1sc2nc(CN3CCCC3)n(C(C)C(=O)Nc3cc(Cl)cc(Cl)c3)c(=O)c2c1C. The van der Waals surface area contributed by atoms with E-state index in [1.165, 1.54) is 11.3 Å². The Kier molecular flexibility index (Phi) is 6.40. The molecule has 1 unspecified atom stereocenters. The fourth-order valence-electron chi connectivity index (χ4n) is 3.99. The highest BCUT2D eigenvalue weighted by Crippen LogP contribution is 2.28. The van der Waals surface area contributed by atoms with Gasteiger partial charge in [0.25, 0.3) is 5.56 Å². The Morgan fingerprint density at radius 2 is 1.84 bits per heavy atom. The molecule has 1 saturated heterocycles. The van der Waals surface area contributed by atoms with Gasteiger partial charge in [-0.3, -0.25) is 19.1 Å². The van der Waals surface area contributed by atoms with Crippen LogP contribution < -0.4 is 10.9 Å². The van der Waals surface area contributed by atoms with Crippen molar-refractivity contribution >= 4 is 56.3 Å². The van der Waals surface area contributed by atoms with Crippen LogP contribution in [0.4, 0.5) is 5.69 Å². The Balaban J connectivity index is 1.75. The number of nitrogens with zero attached hydrogens (tertiary/aromatic N) is 3. The number of carbonyl (C=O) groups excluding carboxylic acids is 1. The van der Waals surface area contributed by atoms with Gasteiger partial charge in [0.1, 0.15) is 16.7 Å². The first-order chi connectivity index (χ1) is 14.7. The van der Waals surface area contributed by atoms with Gasteiger partial charge in [0.2, 0.25) is 5.91 Å². The van der Waals surface area contributed by atoms with E-state index in [-0.39, 0.29) is 11.5 Å². The van der Waals surface area contributed by atoms with Crippen molar-refractivity contribution < 1.29 is 4.79 Å². The van der Waals surface area contributed by atoms with Crippen LogP contribution in [0.2, 0.25) is 10.0 Å². The molecule has 1 amide bonds. The van der Waals surface area contributed by atoms with E-state index in [2.05, 4.69) is 10.2 Å². The van der Waals surface area contributed by atoms with Crippen molar-refractivity contribution in [2.75, 3.05) is 18.4 Å². The molecular formula is C22H24Cl2N4O2S. The third-order valence-electron chi connectivity index (χ3n) is 5.77. The van der Waals surface area contributed by atoms with E-state index in [9.17, 15) is 9.59 Å². The second-order valence-electron chi connectivity index (χ2n) is 7.97. The second-order valence-corrected chi connectivity index (χ2v) is 10.0. The van der Waals surface area contributed by atoms with E-state index in [1.807, 2.05) is 13.8 Å². The molecule has 1 fully saturated rings. The van der Waals surface area contributed by atoms with Gasteiger partial charge in [-0.25, -0.2) is 4.98 Å². The standard InChI is InChI=1S/C22H24Cl2N4O2S/c1-12-14(3)31-21-19(12)22(30)28(18(26-21)11-27-6-4-5-7-27)13(2)20(29)25-17-9-15(23)8-16(24)10-17/h8-10,13H,4-7,11H2,1-3H3,(H,25,29). The number of anilines is 1. The summed E-state index contributed by atoms with van der Waals surface area (Å²) in [5.41, 5.74) is 1.24. The van der Waals surface area contributed by atoms with Gasteiger partial charge >= 0.3 is 0 Å². The van der Waals surface area contributed by atoms with Crippen LogP contribution in [-0.2, 0) is 11.3 Å². The van der Waals surface area contributed by atoms with Gasteiger partial charge in [0.05, 0.1) is 11.9 Å². The zero-order chi connectivity index (χ0) is 22.3. The molecular weight excluding hydrogens is 455 g/mol. The summed E-state index contributed by atoms with van der Waals surface area (Å²) in [5.74, 6) is 0.293. The Labute approximate surface area is 194 Å². The third kappa shape index (κ3) is 4.51. The maximum atomic E-state index is 13.6. The van der Waals surface area contributed by atoms with Crippen LogP contribution in [0.3, 0.4) is 0 Å². The number of hydrogen-bond acceptors (Lipinski definition) is 5. The van der Waals surface area contributed by atoms with Crippen LogP contribution >= 0.6 is 34.5 Å². The number of nitrogens with one attached hydrogen (secondary N) is 1. The molecule has 0 aliphatic carbocycles. The smallest absolute Gasteiger partial charge is 0.263 e. The van der Waals surface area contributed by atoms with Crippen molar-refractivity contribution in [3.8, 4) is 0 Å². The number of rotatable bonds is 5. The van der Waals surface area contributed by atoms with Crippen molar-refractivity contribution in [1.29, 1.82) is 0 Å². The number of hydrogen-bond donors (Lipinski definition) is 1. The molecule has 0 bridgehead atoms. The number of aromatic nitrogens is 2. The lowest BCUT2D eigenvalue weighted by molar-refractivity contribution is -0.119. The van der Waals surface area contributed by atoms with Crippen molar-refractivity contribution in [2.45, 2.75) is 46.2 Å². The van der Waals surface area contributed by atoms with Crippen molar-refractivity contribution in [1.82, 2.24) is 14.5 Å². The van der Waals surface area contributed by atoms with Gasteiger partial charge in [-0.2, -0.15) is 0 Å². The molecule has 0 spiro atoms. The Morgan fingerprint density at radius 1 is 1.19 bits per heavy atom. The van der Waals surface area contributed by atoms with Crippen LogP contribution in [-0.4, -0.2) is 33.4 Å². The number of carbonyl (C=O) groups is 1. The van der Waals surface area contributed by atoms with E-state index in [0.29, 0.717) is 33.5 Å². The molecule has 6 nitrogen and oxygen atoms in total. The van der Waals surface area contributed by atoms with Gasteiger partial charge in [-0.1, -0.05) is 23.2 Å². The van der Waals surface area contributed by atoms with E-state index in [4.69, 9.17) is 28.2 Å². The number of fused-ring (bicyclic) bond motifs is 1. The Bertz CT molecular complexity index is 1190. The maximum Gasteiger partial charge on any atom is 0.263 e. The zero-order valence-electron chi connectivity index (χ0n) is 17.7. The number of benzene rings is 1. The Morgan fingerprint density at radius 3 is 2.48 bits per heavy atom. The molecule has 2 aromatic heterocycles. The van der Waals surface area contributed by atoms with Crippen LogP contribution in [0.5, 0.6) is 0 Å². The minimum absolute atomic E-state index is 0.173. The molecule has 164 valence electrons. The van der Waals surface area contributed by atoms with Gasteiger partial charge in [0.15, 0.2) is 0 Å². The molecule has 1 atom stereocenters. The van der Waals surface area contributed by atoms with Crippen LogP contribution in [0.25, 0.3) is 10.2 Å². The zero-order valence-corrected chi connectivity index (χ0v) is 20.0. The van der Waals surface area contributed by atoms with Crippen LogP contribution in [0.1, 0.15) is 42.1 Å². The lowest BCUT2D eigenvalue weighted by atomic mass is 10.2. The van der Waals surface area contributed by atoms with E-state index in [1.54, 1.807) is 29.7 Å². The first-order valence-electron chi connectivity index (χ1n) is 10.2. The van der Waals surface area contributed by atoms with E-state index in [0.717, 1.165) is 41.2 Å². The molecule has 1 aliphatic heterocycles. The summed E-state index contributed by atoms with van der Waals surface area (Å²) in [7, 11) is 0. The monoisotopic (exact) mass is 478 g/mol. The van der Waals surface area contributed by atoms with E-state index < -0.39 is 6.04 Å². The molecule has 1 N–H and O–H groups in total. The fraction of sp³-hybridized carbons (Fsp3) is 0.409. The molecule has 0 radical (unpaired) electrons. The van der Waals surface area contributed by atoms with Gasteiger partial charge in [-0.05, 0) is 70.5 Å². The van der Waals surface area contributed by atoms with E-state index >= 15 is 0 Å². The average Bonchev–Trinajstić information content (AvgIpc) is 3.29. The van der Waals surface area contributed by atoms with Crippen molar-refractivity contribution in [3.63, 3.8) is 0 Å². The molecule has 3 heterocycles. The number of halogens is 2. The van der Waals surface area contributed by atoms with Crippen molar-refractivity contribution in [2.24, 2.45) is 0 Å². The Hall–Kier alpha value is -1.93. The minimum Gasteiger partial charge on any atom is -0.324 e. The largest absolute Gasteiger partial charge is 0.324 e. The fourth-order valence-corrected chi connectivity index (χ4v) is 5.55. The normalized spacial score (nSPS) is 15.5. The lowest BCUT2D eigenvalue weighted by Gasteiger charge is -2.22. The average molecular weight is 479 g/mol. The summed E-state index contributed by atoms with van der Waals surface area (Å²) in [6.07, 6.45) is 2.27. The number of aryl methyl sites for hydroxylation is 2. The molecule has 31 heavy (non-hydrogen) atoms. The summed E-state index contributed by atoms with van der Waals surface area (Å²) in [5, 5.41) is 4.28. The highest BCUT2D eigenvalue weighted by Gasteiger charge is 2.26. The lowest BCUT2D eigenvalue weighted by Crippen LogP contribution is -2.36. The molecule has 3 aromatic rings. The van der Waals surface area contributed by atoms with Crippen LogP contribution in [0.15, 0.2) is 23.0 Å². The third-order valence-corrected chi connectivity index (χ3v) is 7.31. The van der Waals surface area contributed by atoms with Gasteiger partial charge < -0.3 is 5.32 Å². The molecule has 9 heteroatoms. The highest BCUT2D eigenvalue weighted by molar-refractivity contribution is 7.18. The summed E-state index contributed by atoms with van der Waals surface area (Å²) in [6, 6.07) is 4.10. The minimum atomic E-state index is -0.751. The number of amides is 1. The summed E-state index contributed by atoms with van der Waals surface area (Å²) >= 11 is 13.6. The second kappa shape index (κ2) is 8.90. The summed E-state index contributed by atoms with van der Waals surface area (Å²) < 4.78 is 1.54.